The number of rotatable bonds is 16. The lowest BCUT2D eigenvalue weighted by Gasteiger charge is -2.25. The minimum absolute atomic E-state index is 0.00866. The monoisotopic (exact) mass is 551 g/mol. The van der Waals surface area contributed by atoms with Crippen molar-refractivity contribution < 1.29 is 43.2 Å². The number of esters is 2. The van der Waals surface area contributed by atoms with Gasteiger partial charge in [-0.1, -0.05) is 53.5 Å². The van der Waals surface area contributed by atoms with Crippen molar-refractivity contribution in [2.24, 2.45) is 17.6 Å². The van der Waals surface area contributed by atoms with Gasteiger partial charge in [-0.15, -0.1) is 0 Å². The van der Waals surface area contributed by atoms with Crippen molar-refractivity contribution in [3.05, 3.63) is 23.8 Å². The lowest BCUT2D eigenvalue weighted by atomic mass is 9.87. The summed E-state index contributed by atoms with van der Waals surface area (Å²) in [6.45, 7) is 13.0. The number of carboxylic acid groups (broad SMARTS) is 1. The van der Waals surface area contributed by atoms with Crippen LogP contribution >= 0.6 is 0 Å². The van der Waals surface area contributed by atoms with Crippen LogP contribution in [0.1, 0.15) is 98.5 Å². The largest absolute Gasteiger partial charge is 0.508 e. The van der Waals surface area contributed by atoms with Gasteiger partial charge in [0.05, 0.1) is 0 Å². The van der Waals surface area contributed by atoms with Crippen LogP contribution in [0.15, 0.2) is 18.2 Å². The highest BCUT2D eigenvalue weighted by molar-refractivity contribution is 5.77. The fourth-order valence-electron chi connectivity index (χ4n) is 3.61. The van der Waals surface area contributed by atoms with E-state index >= 15 is 0 Å². The molecule has 0 radical (unpaired) electrons. The van der Waals surface area contributed by atoms with Crippen LogP contribution in [0.5, 0.6) is 11.5 Å². The van der Waals surface area contributed by atoms with E-state index in [1.807, 2.05) is 34.6 Å². The maximum Gasteiger partial charge on any atom is 0.508 e. The summed E-state index contributed by atoms with van der Waals surface area (Å²) in [6.07, 6.45) is 0.659. The first-order valence-electron chi connectivity index (χ1n) is 13.7. The van der Waals surface area contributed by atoms with Crippen molar-refractivity contribution in [3.8, 4) is 11.5 Å². The molecular weight excluding hydrogens is 506 g/mol. The number of carbonyl (C=O) groups is 4. The Balaban J connectivity index is 3.32. The summed E-state index contributed by atoms with van der Waals surface area (Å²) in [4.78, 5) is 49.0. The fourth-order valence-corrected chi connectivity index (χ4v) is 3.61. The van der Waals surface area contributed by atoms with Gasteiger partial charge >= 0.3 is 24.1 Å². The highest BCUT2D eigenvalue weighted by atomic mass is 16.7. The molecule has 3 N–H and O–H groups in total. The molecule has 0 aromatic heterocycles. The van der Waals surface area contributed by atoms with Crippen LogP contribution in [0.4, 0.5) is 4.79 Å². The van der Waals surface area contributed by atoms with E-state index < -0.39 is 42.1 Å². The van der Waals surface area contributed by atoms with Gasteiger partial charge in [0.2, 0.25) is 0 Å². The third-order valence-corrected chi connectivity index (χ3v) is 6.74. The number of hydrogen-bond acceptors (Lipinski definition) is 9. The number of hydrogen-bond donors (Lipinski definition) is 2. The summed E-state index contributed by atoms with van der Waals surface area (Å²) in [6, 6.07) is 3.12. The van der Waals surface area contributed by atoms with Crippen molar-refractivity contribution in [3.63, 3.8) is 0 Å². The lowest BCUT2D eigenvalue weighted by molar-refractivity contribution is -0.139. The Bertz CT molecular complexity index is 964. The normalized spacial score (nSPS) is 15.7. The topological polar surface area (TPSA) is 151 Å². The van der Waals surface area contributed by atoms with Crippen molar-refractivity contribution in [2.45, 2.75) is 111 Å². The molecule has 0 heterocycles. The predicted octanol–water partition coefficient (Wildman–Crippen LogP) is 5.60. The van der Waals surface area contributed by atoms with Gasteiger partial charge in [-0.05, 0) is 56.2 Å². The average molecular weight is 552 g/mol. The van der Waals surface area contributed by atoms with E-state index in [1.165, 1.54) is 12.1 Å². The van der Waals surface area contributed by atoms with Gasteiger partial charge in [0, 0.05) is 18.8 Å². The predicted molar refractivity (Wildman–Crippen MR) is 146 cm³/mol. The molecule has 10 nitrogen and oxygen atoms in total. The fraction of sp³-hybridized carbons (Fsp3) is 0.655. The van der Waals surface area contributed by atoms with E-state index in [4.69, 9.17) is 24.7 Å². The van der Waals surface area contributed by atoms with Gasteiger partial charge in [-0.3, -0.25) is 14.4 Å². The maximum atomic E-state index is 12.6. The first-order chi connectivity index (χ1) is 18.3. The first kappa shape index (κ1) is 33.9. The number of ether oxygens (including phenoxy) is 4. The molecular formula is C29H45NO9. The molecule has 1 aromatic rings. The van der Waals surface area contributed by atoms with E-state index in [2.05, 4.69) is 0 Å². The van der Waals surface area contributed by atoms with Crippen molar-refractivity contribution in [1.82, 2.24) is 0 Å². The van der Waals surface area contributed by atoms with Crippen LogP contribution in [0.25, 0.3) is 0 Å². The maximum absolute atomic E-state index is 12.6. The third kappa shape index (κ3) is 12.1. The second kappa shape index (κ2) is 16.7. The molecule has 1 aromatic carbocycles. The molecule has 0 spiro atoms. The number of carboxylic acids is 1. The Kier molecular flexibility index (Phi) is 14.5. The molecule has 0 fully saturated rings. The molecule has 0 saturated carbocycles. The molecule has 0 aliphatic rings. The van der Waals surface area contributed by atoms with E-state index in [1.54, 1.807) is 19.9 Å². The molecule has 39 heavy (non-hydrogen) atoms. The Morgan fingerprint density at radius 3 is 1.79 bits per heavy atom. The molecule has 1 rings (SSSR count). The molecule has 0 saturated heterocycles. The second-order valence-corrected chi connectivity index (χ2v) is 10.3. The minimum atomic E-state index is -1.36. The highest BCUT2D eigenvalue weighted by Crippen LogP contribution is 2.35. The lowest BCUT2D eigenvalue weighted by Crippen LogP contribution is -2.38. The number of aliphatic carboxylic acids is 1. The summed E-state index contributed by atoms with van der Waals surface area (Å²) >= 11 is 0. The summed E-state index contributed by atoms with van der Waals surface area (Å²) in [7, 11) is 0. The summed E-state index contributed by atoms with van der Waals surface area (Å²) < 4.78 is 21.6. The van der Waals surface area contributed by atoms with Gasteiger partial charge in [0.15, 0.2) is 11.5 Å². The molecule has 0 bridgehead atoms. The average Bonchev–Trinajstić information content (AvgIpc) is 2.87. The molecule has 0 amide bonds. The van der Waals surface area contributed by atoms with Gasteiger partial charge in [0.25, 0.3) is 0 Å². The van der Waals surface area contributed by atoms with Crippen LogP contribution in [0, 0.1) is 11.8 Å². The van der Waals surface area contributed by atoms with Crippen LogP contribution in [-0.2, 0) is 23.9 Å². The Morgan fingerprint density at radius 2 is 1.31 bits per heavy atom. The Hall–Kier alpha value is -3.14. The van der Waals surface area contributed by atoms with Gasteiger partial charge in [-0.25, -0.2) is 4.79 Å². The van der Waals surface area contributed by atoms with Crippen molar-refractivity contribution in [2.75, 3.05) is 0 Å². The molecule has 6 atom stereocenters. The summed E-state index contributed by atoms with van der Waals surface area (Å²) in [5, 5.41) is 9.67. The quantitative estimate of drug-likeness (QED) is 0.196. The van der Waals surface area contributed by atoms with Crippen LogP contribution in [0.3, 0.4) is 0 Å². The standard InChI is InChI=1S/C29H45NO9/c1-8-17(4)13-25(31)38-23-12-11-21(16-24(23)39-26(32)14-18(5)9-2)22(27(30)28(33)34)15-20(7)37-29(35)36-19(6)10-3/h11-12,16-20,22,27H,8-10,13-15,30H2,1-7H3,(H,33,34)/t17?,18?,19?,20?,22?,27-/m0/s1. The van der Waals surface area contributed by atoms with Crippen LogP contribution < -0.4 is 15.2 Å². The zero-order chi connectivity index (χ0) is 29.7. The minimum Gasteiger partial charge on any atom is -0.480 e. The number of benzene rings is 1. The highest BCUT2D eigenvalue weighted by Gasteiger charge is 2.30. The van der Waals surface area contributed by atoms with E-state index in [0.29, 0.717) is 12.0 Å². The zero-order valence-electron chi connectivity index (χ0n) is 24.2. The molecule has 10 heteroatoms. The van der Waals surface area contributed by atoms with Crippen molar-refractivity contribution >= 4 is 24.1 Å². The number of carbonyl (C=O) groups excluding carboxylic acids is 3. The van der Waals surface area contributed by atoms with Crippen LogP contribution in [0.2, 0.25) is 0 Å². The Morgan fingerprint density at radius 1 is 0.795 bits per heavy atom. The van der Waals surface area contributed by atoms with E-state index in [0.717, 1.165) is 12.8 Å². The molecule has 5 unspecified atom stereocenters. The van der Waals surface area contributed by atoms with E-state index in [9.17, 15) is 24.3 Å². The molecule has 0 aliphatic carbocycles. The van der Waals surface area contributed by atoms with Crippen LogP contribution in [-0.4, -0.2) is 47.4 Å². The summed E-state index contributed by atoms with van der Waals surface area (Å²) in [5.74, 6) is -2.84. The summed E-state index contributed by atoms with van der Waals surface area (Å²) in [5.41, 5.74) is 6.45. The SMILES string of the molecule is CCC(C)CC(=O)Oc1ccc(C(CC(C)OC(=O)OC(C)CC)[C@H](N)C(=O)O)cc1OC(=O)CC(C)CC. The Labute approximate surface area is 231 Å². The van der Waals surface area contributed by atoms with Crippen molar-refractivity contribution in [1.29, 1.82) is 0 Å². The first-order valence-corrected chi connectivity index (χ1v) is 13.7. The molecule has 0 aliphatic heterocycles. The number of nitrogens with two attached hydrogens (primary N) is 1. The molecule has 220 valence electrons. The third-order valence-electron chi connectivity index (χ3n) is 6.74. The zero-order valence-corrected chi connectivity index (χ0v) is 24.2. The van der Waals surface area contributed by atoms with Gasteiger partial charge in [-0.2, -0.15) is 0 Å². The smallest absolute Gasteiger partial charge is 0.480 e. The second-order valence-electron chi connectivity index (χ2n) is 10.3. The van der Waals surface area contributed by atoms with Gasteiger partial charge < -0.3 is 29.8 Å². The van der Waals surface area contributed by atoms with Gasteiger partial charge in [0.1, 0.15) is 18.2 Å². The van der Waals surface area contributed by atoms with E-state index in [-0.39, 0.29) is 48.7 Å².